The number of alkyl carbamates (subject to hydrolysis) is 1. The molecular formula is C21H30N4O3. The number of anilines is 1. The summed E-state index contributed by atoms with van der Waals surface area (Å²) in [5.41, 5.74) is 0.892. The molecule has 0 radical (unpaired) electrons. The Kier molecular flexibility index (Phi) is 8.52. The van der Waals surface area contributed by atoms with Crippen molar-refractivity contribution >= 4 is 17.8 Å². The summed E-state index contributed by atoms with van der Waals surface area (Å²) in [5, 5.41) is 5.53. The van der Waals surface area contributed by atoms with Crippen molar-refractivity contribution in [3.63, 3.8) is 0 Å². The molecule has 28 heavy (non-hydrogen) atoms. The number of imidazole rings is 1. The topological polar surface area (TPSA) is 85.2 Å². The summed E-state index contributed by atoms with van der Waals surface area (Å²) in [6, 6.07) is 8.75. The maximum Gasteiger partial charge on any atom is 0.408 e. The van der Waals surface area contributed by atoms with E-state index in [4.69, 9.17) is 4.74 Å². The number of nitrogens with zero attached hydrogens (tertiary/aromatic N) is 2. The van der Waals surface area contributed by atoms with E-state index in [1.807, 2.05) is 48.9 Å². The fraction of sp³-hybridized carbons (Fsp3) is 0.476. The number of amides is 2. The first-order chi connectivity index (χ1) is 13.5. The second kappa shape index (κ2) is 11.1. The van der Waals surface area contributed by atoms with E-state index >= 15 is 0 Å². The molecule has 1 atom stereocenters. The Bertz CT molecular complexity index is 758. The van der Waals surface area contributed by atoms with Crippen molar-refractivity contribution in [2.45, 2.75) is 58.6 Å². The van der Waals surface area contributed by atoms with Crippen LogP contribution in [0.3, 0.4) is 0 Å². The Hall–Kier alpha value is -2.83. The molecule has 0 aliphatic carbocycles. The molecule has 7 nitrogen and oxygen atoms in total. The molecule has 0 fully saturated rings. The molecule has 1 heterocycles. The maximum atomic E-state index is 12.7. The standard InChI is InChI=1S/C21H30N4O3/c1-4-6-13-18-22-14-19(25(18)3)24-20(26)17(10-5-2)23-21(27)28-15-16-11-8-7-9-12-16/h7-9,11-12,14,17H,4-6,10,13,15H2,1-3H3,(H,23,27)(H,24,26)/t17-/m0/s1. The Morgan fingerprint density at radius 2 is 1.93 bits per heavy atom. The third-order valence-corrected chi connectivity index (χ3v) is 4.49. The highest BCUT2D eigenvalue weighted by atomic mass is 16.5. The number of rotatable bonds is 10. The van der Waals surface area contributed by atoms with Crippen LogP contribution in [0.15, 0.2) is 36.5 Å². The summed E-state index contributed by atoms with van der Waals surface area (Å²) in [5.74, 6) is 1.28. The lowest BCUT2D eigenvalue weighted by atomic mass is 10.1. The van der Waals surface area contributed by atoms with Crippen LogP contribution in [0.1, 0.15) is 50.9 Å². The zero-order valence-corrected chi connectivity index (χ0v) is 16.9. The summed E-state index contributed by atoms with van der Waals surface area (Å²) in [7, 11) is 1.88. The molecule has 7 heteroatoms. The number of hydrogen-bond donors (Lipinski definition) is 2. The minimum absolute atomic E-state index is 0.162. The number of ether oxygens (including phenoxy) is 1. The Labute approximate surface area is 166 Å². The number of unbranched alkanes of at least 4 members (excludes halogenated alkanes) is 1. The van der Waals surface area contributed by atoms with Gasteiger partial charge in [-0.2, -0.15) is 0 Å². The second-order valence-electron chi connectivity index (χ2n) is 6.76. The molecular weight excluding hydrogens is 356 g/mol. The second-order valence-corrected chi connectivity index (χ2v) is 6.76. The number of nitrogens with one attached hydrogen (secondary N) is 2. The normalized spacial score (nSPS) is 11.7. The van der Waals surface area contributed by atoms with E-state index in [1.165, 1.54) is 0 Å². The molecule has 0 spiro atoms. The van der Waals surface area contributed by atoms with Gasteiger partial charge >= 0.3 is 6.09 Å². The summed E-state index contributed by atoms with van der Waals surface area (Å²) >= 11 is 0. The molecule has 1 aromatic carbocycles. The lowest BCUT2D eigenvalue weighted by Gasteiger charge is -2.18. The van der Waals surface area contributed by atoms with E-state index in [0.29, 0.717) is 12.2 Å². The minimum atomic E-state index is -0.665. The van der Waals surface area contributed by atoms with Crippen LogP contribution in [0.2, 0.25) is 0 Å². The van der Waals surface area contributed by atoms with Crippen LogP contribution < -0.4 is 10.6 Å². The number of aryl methyl sites for hydroxylation is 1. The van der Waals surface area contributed by atoms with E-state index in [9.17, 15) is 9.59 Å². The van der Waals surface area contributed by atoms with Crippen molar-refractivity contribution in [2.24, 2.45) is 7.05 Å². The first kappa shape index (κ1) is 21.5. The molecule has 0 saturated heterocycles. The van der Waals surface area contributed by atoms with Crippen LogP contribution in [0.5, 0.6) is 0 Å². The highest BCUT2D eigenvalue weighted by molar-refractivity contribution is 5.95. The molecule has 1 aromatic heterocycles. The van der Waals surface area contributed by atoms with Crippen molar-refractivity contribution < 1.29 is 14.3 Å². The van der Waals surface area contributed by atoms with Crippen molar-refractivity contribution in [3.05, 3.63) is 47.9 Å². The highest BCUT2D eigenvalue weighted by Gasteiger charge is 2.22. The van der Waals surface area contributed by atoms with Gasteiger partial charge in [-0.05, 0) is 18.4 Å². The van der Waals surface area contributed by atoms with Crippen LogP contribution in [-0.2, 0) is 29.6 Å². The Balaban J connectivity index is 1.92. The lowest BCUT2D eigenvalue weighted by Crippen LogP contribution is -2.44. The largest absolute Gasteiger partial charge is 0.445 e. The van der Waals surface area contributed by atoms with E-state index < -0.39 is 12.1 Å². The van der Waals surface area contributed by atoms with Gasteiger partial charge in [-0.15, -0.1) is 0 Å². The fourth-order valence-corrected chi connectivity index (χ4v) is 2.81. The van der Waals surface area contributed by atoms with Gasteiger partial charge in [0.25, 0.3) is 0 Å². The molecule has 2 amide bonds. The summed E-state index contributed by atoms with van der Waals surface area (Å²) in [6.07, 6.45) is 5.32. The SMILES string of the molecule is CCCCc1ncc(NC(=O)[C@H](CCC)NC(=O)OCc2ccccc2)n1C. The third-order valence-electron chi connectivity index (χ3n) is 4.49. The van der Waals surface area contributed by atoms with Gasteiger partial charge in [-0.1, -0.05) is 57.0 Å². The summed E-state index contributed by atoms with van der Waals surface area (Å²) < 4.78 is 7.11. The fourth-order valence-electron chi connectivity index (χ4n) is 2.81. The average Bonchev–Trinajstić information content (AvgIpc) is 3.04. The molecule has 0 saturated carbocycles. The maximum absolute atomic E-state index is 12.7. The van der Waals surface area contributed by atoms with Crippen LogP contribution >= 0.6 is 0 Å². The smallest absolute Gasteiger partial charge is 0.408 e. The van der Waals surface area contributed by atoms with Crippen LogP contribution in [0, 0.1) is 0 Å². The third kappa shape index (κ3) is 6.40. The Morgan fingerprint density at radius 3 is 2.61 bits per heavy atom. The van der Waals surface area contributed by atoms with E-state index in [0.717, 1.165) is 37.1 Å². The predicted molar refractivity (Wildman–Crippen MR) is 109 cm³/mol. The molecule has 2 N–H and O–H groups in total. The van der Waals surface area contributed by atoms with Gasteiger partial charge < -0.3 is 19.9 Å². The van der Waals surface area contributed by atoms with Gasteiger partial charge in [0.05, 0.1) is 6.20 Å². The minimum Gasteiger partial charge on any atom is -0.445 e. The zero-order valence-electron chi connectivity index (χ0n) is 16.9. The van der Waals surface area contributed by atoms with Crippen LogP contribution in [0.4, 0.5) is 10.6 Å². The van der Waals surface area contributed by atoms with Gasteiger partial charge in [-0.25, -0.2) is 9.78 Å². The summed E-state index contributed by atoms with van der Waals surface area (Å²) in [6.45, 7) is 4.25. The van der Waals surface area contributed by atoms with Gasteiger partial charge in [0.2, 0.25) is 5.91 Å². The Morgan fingerprint density at radius 1 is 1.18 bits per heavy atom. The monoisotopic (exact) mass is 386 g/mol. The molecule has 0 unspecified atom stereocenters. The highest BCUT2D eigenvalue weighted by Crippen LogP contribution is 2.13. The quantitative estimate of drug-likeness (QED) is 0.650. The van der Waals surface area contributed by atoms with Crippen molar-refractivity contribution in [2.75, 3.05) is 5.32 Å². The molecule has 0 aliphatic rings. The number of hydrogen-bond acceptors (Lipinski definition) is 4. The molecule has 0 bridgehead atoms. The summed E-state index contributed by atoms with van der Waals surface area (Å²) in [4.78, 5) is 29.2. The zero-order chi connectivity index (χ0) is 20.4. The average molecular weight is 386 g/mol. The molecule has 152 valence electrons. The molecule has 2 rings (SSSR count). The molecule has 0 aliphatic heterocycles. The van der Waals surface area contributed by atoms with E-state index in [-0.39, 0.29) is 12.5 Å². The lowest BCUT2D eigenvalue weighted by molar-refractivity contribution is -0.118. The first-order valence-electron chi connectivity index (χ1n) is 9.83. The number of carbonyl (C=O) groups excluding carboxylic acids is 2. The van der Waals surface area contributed by atoms with Gasteiger partial charge in [0.15, 0.2) is 0 Å². The van der Waals surface area contributed by atoms with Gasteiger partial charge in [-0.3, -0.25) is 4.79 Å². The van der Waals surface area contributed by atoms with Crippen LogP contribution in [-0.4, -0.2) is 27.6 Å². The van der Waals surface area contributed by atoms with Gasteiger partial charge in [0.1, 0.15) is 24.3 Å². The predicted octanol–water partition coefficient (Wildman–Crippen LogP) is 3.80. The van der Waals surface area contributed by atoms with Crippen LogP contribution in [0.25, 0.3) is 0 Å². The van der Waals surface area contributed by atoms with Crippen molar-refractivity contribution in [1.29, 1.82) is 0 Å². The number of aromatic nitrogens is 2. The van der Waals surface area contributed by atoms with E-state index in [1.54, 1.807) is 6.20 Å². The van der Waals surface area contributed by atoms with E-state index in [2.05, 4.69) is 22.5 Å². The van der Waals surface area contributed by atoms with Gasteiger partial charge in [0, 0.05) is 13.5 Å². The molecule has 2 aromatic rings. The van der Waals surface area contributed by atoms with Crippen molar-refractivity contribution in [1.82, 2.24) is 14.9 Å². The number of benzene rings is 1. The van der Waals surface area contributed by atoms with Crippen molar-refractivity contribution in [3.8, 4) is 0 Å². The number of carbonyl (C=O) groups is 2. The first-order valence-corrected chi connectivity index (χ1v) is 9.83.